The summed E-state index contributed by atoms with van der Waals surface area (Å²) in [6.45, 7) is 2.50. The number of ether oxygens (including phenoxy) is 1. The van der Waals surface area contributed by atoms with Crippen molar-refractivity contribution in [3.8, 4) is 0 Å². The number of hydrogen-bond acceptors (Lipinski definition) is 6. The van der Waals surface area contributed by atoms with Crippen LogP contribution in [0.5, 0.6) is 0 Å². The van der Waals surface area contributed by atoms with E-state index in [1.807, 2.05) is 36.7 Å². The third-order valence-electron chi connectivity index (χ3n) is 8.09. The number of pyridine rings is 2. The molecule has 4 rings (SSSR count). The SMILES string of the molecule is CCCC(CC(c1cccnc1)c1cccnc1)OC(=O)[C@@H]1CCCN1C(=O)C(=O)CCC1CCCCC1. The molecule has 0 N–H and O–H groups in total. The maximum Gasteiger partial charge on any atom is 0.329 e. The van der Waals surface area contributed by atoms with Crippen molar-refractivity contribution in [2.75, 3.05) is 6.54 Å². The van der Waals surface area contributed by atoms with Crippen LogP contribution in [-0.4, -0.2) is 51.2 Å². The molecule has 7 heteroatoms. The minimum atomic E-state index is -0.685. The standard InChI is InChI=1S/C31H41N3O4/c1-2-9-26(20-27(24-12-6-17-32-21-24)25-13-7-18-33-22-25)38-31(37)28-14-8-19-34(28)30(36)29(35)16-15-23-10-4-3-5-11-23/h6-7,12-13,17-18,21-23,26-28H,2-5,8-11,14-16,19-20H2,1H3/t26?,28-/m0/s1. The molecule has 1 saturated heterocycles. The van der Waals surface area contributed by atoms with Crippen molar-refractivity contribution in [1.82, 2.24) is 14.9 Å². The molecular formula is C31H41N3O4. The van der Waals surface area contributed by atoms with Gasteiger partial charge in [-0.3, -0.25) is 19.6 Å². The van der Waals surface area contributed by atoms with Gasteiger partial charge in [0.15, 0.2) is 0 Å². The Morgan fingerprint density at radius 3 is 2.26 bits per heavy atom. The minimum Gasteiger partial charge on any atom is -0.461 e. The van der Waals surface area contributed by atoms with E-state index in [2.05, 4.69) is 16.9 Å². The number of carbonyl (C=O) groups excluding carboxylic acids is 3. The highest BCUT2D eigenvalue weighted by Crippen LogP contribution is 2.32. The number of ketones is 1. The Balaban J connectivity index is 1.40. The molecule has 1 unspecified atom stereocenters. The quantitative estimate of drug-likeness (QED) is 0.267. The summed E-state index contributed by atoms with van der Waals surface area (Å²) in [5, 5.41) is 0. The first-order valence-electron chi connectivity index (χ1n) is 14.4. The summed E-state index contributed by atoms with van der Waals surface area (Å²) in [5.41, 5.74) is 2.08. The molecule has 0 radical (unpaired) electrons. The maximum absolute atomic E-state index is 13.4. The summed E-state index contributed by atoms with van der Waals surface area (Å²) in [5.74, 6) is -0.762. The molecule has 0 spiro atoms. The van der Waals surface area contributed by atoms with Crippen molar-refractivity contribution in [3.05, 3.63) is 60.2 Å². The Morgan fingerprint density at radius 2 is 1.66 bits per heavy atom. The largest absolute Gasteiger partial charge is 0.461 e. The summed E-state index contributed by atoms with van der Waals surface area (Å²) in [7, 11) is 0. The van der Waals surface area contributed by atoms with E-state index >= 15 is 0 Å². The van der Waals surface area contributed by atoms with Crippen molar-refractivity contribution in [2.24, 2.45) is 5.92 Å². The van der Waals surface area contributed by atoms with Gasteiger partial charge in [-0.05, 0) is 61.3 Å². The molecule has 2 atom stereocenters. The molecule has 0 aromatic carbocycles. The predicted octanol–water partition coefficient (Wildman–Crippen LogP) is 5.63. The molecule has 0 bridgehead atoms. The predicted molar refractivity (Wildman–Crippen MR) is 145 cm³/mol. The van der Waals surface area contributed by atoms with E-state index in [1.54, 1.807) is 12.4 Å². The van der Waals surface area contributed by atoms with Crippen LogP contribution in [0, 0.1) is 5.92 Å². The van der Waals surface area contributed by atoms with E-state index in [-0.39, 0.29) is 24.2 Å². The first-order chi connectivity index (χ1) is 18.6. The lowest BCUT2D eigenvalue weighted by molar-refractivity contribution is -0.160. The zero-order valence-electron chi connectivity index (χ0n) is 22.6. The first-order valence-corrected chi connectivity index (χ1v) is 14.4. The lowest BCUT2D eigenvalue weighted by Crippen LogP contribution is -2.45. The number of esters is 1. The van der Waals surface area contributed by atoms with Crippen LogP contribution in [0.25, 0.3) is 0 Å². The summed E-state index contributed by atoms with van der Waals surface area (Å²) in [6.07, 6.45) is 17.3. The average molecular weight is 520 g/mol. The van der Waals surface area contributed by atoms with Gasteiger partial charge >= 0.3 is 5.97 Å². The van der Waals surface area contributed by atoms with Gasteiger partial charge in [-0.15, -0.1) is 0 Å². The molecular weight excluding hydrogens is 478 g/mol. The smallest absolute Gasteiger partial charge is 0.329 e. The third kappa shape index (κ3) is 7.49. The third-order valence-corrected chi connectivity index (χ3v) is 8.09. The number of rotatable bonds is 12. The van der Waals surface area contributed by atoms with Gasteiger partial charge in [-0.25, -0.2) is 4.79 Å². The number of amides is 1. The monoisotopic (exact) mass is 519 g/mol. The molecule has 3 heterocycles. The Hall–Kier alpha value is -3.09. The summed E-state index contributed by atoms with van der Waals surface area (Å²) in [6, 6.07) is 7.20. The molecule has 2 fully saturated rings. The Bertz CT molecular complexity index is 1000. The van der Waals surface area contributed by atoms with Gasteiger partial charge in [0.05, 0.1) is 0 Å². The van der Waals surface area contributed by atoms with Crippen LogP contribution in [0.1, 0.15) is 101 Å². The second-order valence-electron chi connectivity index (χ2n) is 10.8. The van der Waals surface area contributed by atoms with Crippen molar-refractivity contribution < 1.29 is 19.1 Å². The maximum atomic E-state index is 13.4. The van der Waals surface area contributed by atoms with E-state index < -0.39 is 17.9 Å². The Morgan fingerprint density at radius 1 is 0.974 bits per heavy atom. The van der Waals surface area contributed by atoms with Crippen LogP contribution >= 0.6 is 0 Å². The minimum absolute atomic E-state index is 0.0237. The normalized spacial score (nSPS) is 18.9. The second-order valence-corrected chi connectivity index (χ2v) is 10.8. The summed E-state index contributed by atoms with van der Waals surface area (Å²) < 4.78 is 6.08. The number of nitrogens with zero attached hydrogens (tertiary/aromatic N) is 3. The molecule has 1 aliphatic carbocycles. The number of Topliss-reactive ketones (excluding diaryl/α,β-unsaturated/α-hetero) is 1. The van der Waals surface area contributed by atoms with Crippen molar-refractivity contribution in [2.45, 2.75) is 102 Å². The fourth-order valence-electron chi connectivity index (χ4n) is 6.01. The van der Waals surface area contributed by atoms with E-state index in [9.17, 15) is 14.4 Å². The van der Waals surface area contributed by atoms with Crippen molar-refractivity contribution >= 4 is 17.7 Å². The fraction of sp³-hybridized carbons (Fsp3) is 0.581. The van der Waals surface area contributed by atoms with E-state index in [0.29, 0.717) is 38.1 Å². The molecule has 1 amide bonds. The van der Waals surface area contributed by atoms with Crippen LogP contribution in [0.15, 0.2) is 49.1 Å². The van der Waals surface area contributed by atoms with Crippen LogP contribution in [0.3, 0.4) is 0 Å². The number of likely N-dealkylation sites (tertiary alicyclic amines) is 1. The zero-order chi connectivity index (χ0) is 26.7. The molecule has 2 aromatic rings. The zero-order valence-corrected chi connectivity index (χ0v) is 22.6. The number of hydrogen-bond donors (Lipinski definition) is 0. The van der Waals surface area contributed by atoms with Gasteiger partial charge in [0.25, 0.3) is 5.91 Å². The van der Waals surface area contributed by atoms with Crippen molar-refractivity contribution in [1.29, 1.82) is 0 Å². The summed E-state index contributed by atoms with van der Waals surface area (Å²) >= 11 is 0. The van der Waals surface area contributed by atoms with E-state index in [4.69, 9.17) is 4.74 Å². The van der Waals surface area contributed by atoms with Gasteiger partial charge in [-0.1, -0.05) is 57.6 Å². The Labute approximate surface area is 226 Å². The van der Waals surface area contributed by atoms with Crippen LogP contribution < -0.4 is 0 Å². The highest BCUT2D eigenvalue weighted by atomic mass is 16.5. The van der Waals surface area contributed by atoms with Crippen LogP contribution in [0.2, 0.25) is 0 Å². The van der Waals surface area contributed by atoms with Gasteiger partial charge < -0.3 is 9.64 Å². The molecule has 38 heavy (non-hydrogen) atoms. The molecule has 1 aliphatic heterocycles. The lowest BCUT2D eigenvalue weighted by Gasteiger charge is -2.28. The highest BCUT2D eigenvalue weighted by Gasteiger charge is 2.39. The van der Waals surface area contributed by atoms with Crippen LogP contribution in [0.4, 0.5) is 0 Å². The number of aromatic nitrogens is 2. The lowest BCUT2D eigenvalue weighted by atomic mass is 9.85. The first kappa shape index (κ1) is 27.9. The number of carbonyl (C=O) groups is 3. The second kappa shape index (κ2) is 14.2. The fourth-order valence-corrected chi connectivity index (χ4v) is 6.01. The van der Waals surface area contributed by atoms with Gasteiger partial charge in [0.1, 0.15) is 12.1 Å². The molecule has 7 nitrogen and oxygen atoms in total. The van der Waals surface area contributed by atoms with Gasteiger partial charge in [0.2, 0.25) is 5.78 Å². The van der Waals surface area contributed by atoms with Gasteiger partial charge in [0, 0.05) is 43.7 Å². The molecule has 204 valence electrons. The van der Waals surface area contributed by atoms with Crippen molar-refractivity contribution in [3.63, 3.8) is 0 Å². The van der Waals surface area contributed by atoms with Crippen LogP contribution in [-0.2, 0) is 19.1 Å². The molecule has 2 aliphatic rings. The molecule has 2 aromatic heterocycles. The Kier molecular flexibility index (Phi) is 10.4. The van der Waals surface area contributed by atoms with E-state index in [1.165, 1.54) is 24.2 Å². The van der Waals surface area contributed by atoms with E-state index in [0.717, 1.165) is 36.8 Å². The summed E-state index contributed by atoms with van der Waals surface area (Å²) in [4.78, 5) is 49.2. The van der Waals surface area contributed by atoms with Gasteiger partial charge in [-0.2, -0.15) is 0 Å². The topological polar surface area (TPSA) is 89.5 Å². The highest BCUT2D eigenvalue weighted by molar-refractivity contribution is 6.36. The molecule has 1 saturated carbocycles. The average Bonchev–Trinajstić information content (AvgIpc) is 3.46.